The van der Waals surface area contributed by atoms with E-state index >= 15 is 4.39 Å². The third-order valence-electron chi connectivity index (χ3n) is 16.6. The molecule has 0 spiro atoms. The topological polar surface area (TPSA) is 303 Å². The van der Waals surface area contributed by atoms with Crippen LogP contribution < -0.4 is 37.5 Å². The Labute approximate surface area is 467 Å². The maximum absolute atomic E-state index is 15.4. The summed E-state index contributed by atoms with van der Waals surface area (Å²) in [6, 6.07) is 9.86. The quantitative estimate of drug-likeness (QED) is 0.0191. The van der Waals surface area contributed by atoms with E-state index in [2.05, 4.69) is 31.9 Å². The van der Waals surface area contributed by atoms with Crippen LogP contribution in [-0.4, -0.2) is 118 Å². The number of aryl methyl sites for hydroxylation is 1. The zero-order valence-electron chi connectivity index (χ0n) is 46.3. The number of halogens is 1. The molecule has 0 bridgehead atoms. The number of ether oxygens (including phenoxy) is 2. The molecule has 0 saturated carbocycles. The highest BCUT2D eigenvalue weighted by molar-refractivity contribution is 6.04. The monoisotopic (exact) mass is 1120 g/mol. The maximum atomic E-state index is 15.4. The first-order chi connectivity index (χ1) is 38.7. The Hall–Kier alpha value is -7.92. The van der Waals surface area contributed by atoms with Gasteiger partial charge in [-0.15, -0.1) is 0 Å². The van der Waals surface area contributed by atoms with Gasteiger partial charge in [-0.1, -0.05) is 64.4 Å². The van der Waals surface area contributed by atoms with Crippen molar-refractivity contribution in [3.63, 3.8) is 0 Å². The molecule has 7 N–H and O–H groups in total. The first kappa shape index (κ1) is 59.2. The predicted molar refractivity (Wildman–Crippen MR) is 290 cm³/mol. The molecule has 23 heteroatoms. The molecule has 2 aromatic heterocycles. The van der Waals surface area contributed by atoms with Gasteiger partial charge in [-0.3, -0.25) is 48.1 Å². The highest BCUT2D eigenvalue weighted by Gasteiger charge is 2.48. The van der Waals surface area contributed by atoms with Gasteiger partial charge in [0, 0.05) is 48.4 Å². The number of pyridine rings is 2. The number of carbonyl (C=O) groups excluding carboxylic acids is 9. The van der Waals surface area contributed by atoms with Crippen LogP contribution in [0.25, 0.3) is 22.3 Å². The SMILES string of the molecule is CCC(C)(CC)C1CC(=O)N(CCCCCC(=O)NCC(=O)NCC(=O)N[C@@H](Cc2ccccc2)C(=O)NCC(=O)NCOCC(=O)N[C@H]2CCc3c(C)c(F)cc4nc5c(c2c34)Cn2c-5cc3c(c2=O)COC(=O)[C@]3(O)CC)C1=O. The van der Waals surface area contributed by atoms with Gasteiger partial charge in [0.05, 0.1) is 60.6 Å². The van der Waals surface area contributed by atoms with Crippen LogP contribution in [0.4, 0.5) is 4.39 Å². The van der Waals surface area contributed by atoms with E-state index in [1.807, 2.05) is 20.8 Å². The summed E-state index contributed by atoms with van der Waals surface area (Å²) < 4.78 is 27.6. The summed E-state index contributed by atoms with van der Waals surface area (Å²) in [5.41, 5.74) is 1.62. The first-order valence-corrected chi connectivity index (χ1v) is 27.7. The van der Waals surface area contributed by atoms with E-state index in [0.29, 0.717) is 83.2 Å². The minimum absolute atomic E-state index is 0.0374. The lowest BCUT2D eigenvalue weighted by molar-refractivity contribution is -0.172. The summed E-state index contributed by atoms with van der Waals surface area (Å²) in [5.74, 6) is -5.63. The average molecular weight is 1120 g/mol. The van der Waals surface area contributed by atoms with Gasteiger partial charge >= 0.3 is 5.97 Å². The average Bonchev–Trinajstić information content (AvgIpc) is 4.24. The molecule has 1 saturated heterocycles. The number of carbonyl (C=O) groups is 9. The molecule has 2 aromatic carbocycles. The van der Waals surface area contributed by atoms with Crippen LogP contribution in [0.2, 0.25) is 0 Å². The molecular formula is C58H70FN9O13. The minimum Gasteiger partial charge on any atom is -0.458 e. The predicted octanol–water partition coefficient (Wildman–Crippen LogP) is 2.56. The largest absolute Gasteiger partial charge is 0.458 e. The molecule has 5 heterocycles. The van der Waals surface area contributed by atoms with Crippen molar-refractivity contribution in [1.29, 1.82) is 0 Å². The van der Waals surface area contributed by atoms with Crippen LogP contribution in [0.1, 0.15) is 130 Å². The van der Waals surface area contributed by atoms with Crippen molar-refractivity contribution in [3.8, 4) is 11.4 Å². The Balaban J connectivity index is 0.779. The number of imide groups is 1. The zero-order valence-corrected chi connectivity index (χ0v) is 46.3. The third-order valence-corrected chi connectivity index (χ3v) is 16.6. The lowest BCUT2D eigenvalue weighted by Crippen LogP contribution is -2.52. The Kier molecular flexibility index (Phi) is 18.5. The van der Waals surface area contributed by atoms with Crippen LogP contribution in [0.3, 0.4) is 0 Å². The van der Waals surface area contributed by atoms with Gasteiger partial charge in [-0.05, 0) is 85.6 Å². The van der Waals surface area contributed by atoms with E-state index in [-0.39, 0.29) is 79.0 Å². The summed E-state index contributed by atoms with van der Waals surface area (Å²) in [7, 11) is 0. The van der Waals surface area contributed by atoms with E-state index in [0.717, 1.165) is 18.4 Å². The van der Waals surface area contributed by atoms with Gasteiger partial charge in [-0.25, -0.2) is 14.2 Å². The highest BCUT2D eigenvalue weighted by atomic mass is 19.1. The van der Waals surface area contributed by atoms with Crippen LogP contribution in [-0.2, 0) is 84.2 Å². The number of aliphatic hydroxyl groups is 1. The van der Waals surface area contributed by atoms with Gasteiger partial charge in [0.15, 0.2) is 5.60 Å². The van der Waals surface area contributed by atoms with Crippen LogP contribution >= 0.6 is 0 Å². The third kappa shape index (κ3) is 12.7. The summed E-state index contributed by atoms with van der Waals surface area (Å²) in [5, 5.41) is 27.5. The molecule has 4 atom stereocenters. The molecular weight excluding hydrogens is 1050 g/mol. The number of amides is 8. The number of aromatic nitrogens is 2. The number of likely N-dealkylation sites (tertiary alicyclic amines) is 1. The van der Waals surface area contributed by atoms with Crippen molar-refractivity contribution >= 4 is 64.1 Å². The van der Waals surface area contributed by atoms with Gasteiger partial charge < -0.3 is 51.0 Å². The summed E-state index contributed by atoms with van der Waals surface area (Å²) >= 11 is 0. The Morgan fingerprint density at radius 2 is 1.58 bits per heavy atom. The number of benzene rings is 2. The Morgan fingerprint density at radius 1 is 0.877 bits per heavy atom. The molecule has 1 fully saturated rings. The highest BCUT2D eigenvalue weighted by Crippen LogP contribution is 2.46. The maximum Gasteiger partial charge on any atom is 0.343 e. The molecule has 1 unspecified atom stereocenters. The number of hydrogen-bond acceptors (Lipinski definition) is 14. The number of cyclic esters (lactones) is 1. The van der Waals surface area contributed by atoms with Gasteiger partial charge in [0.2, 0.25) is 47.3 Å². The fraction of sp³-hybridized carbons (Fsp3) is 0.500. The molecule has 8 rings (SSSR count). The minimum atomic E-state index is -2.05. The van der Waals surface area contributed by atoms with Gasteiger partial charge in [0.1, 0.15) is 31.8 Å². The van der Waals surface area contributed by atoms with Crippen molar-refractivity contribution in [2.45, 2.75) is 136 Å². The van der Waals surface area contributed by atoms with E-state index in [4.69, 9.17) is 14.5 Å². The number of rotatable bonds is 25. The second-order valence-electron chi connectivity index (χ2n) is 21.5. The Bertz CT molecular complexity index is 3230. The second-order valence-corrected chi connectivity index (χ2v) is 21.5. The molecule has 8 amide bonds. The van der Waals surface area contributed by atoms with Gasteiger partial charge in [0.25, 0.3) is 5.56 Å². The molecule has 4 aliphatic rings. The van der Waals surface area contributed by atoms with E-state index in [9.17, 15) is 53.1 Å². The standard InChI is InChI=1S/C58H70FN9O13/c1-6-57(5,7-2)38-23-49(74)67(55(38)77)20-14-10-13-17-44(69)60-25-45(70)61-27-47(72)65-42(21-33-15-11-9-12-16-33)53(75)62-26-46(71)63-31-80-30-48(73)64-40-19-18-34-32(4)39(59)24-41-50(34)51(40)35-28-68-43(52(35)66-41)22-37-36(54(68)76)29-81-56(78)58(37,79)8-3/h9,11-12,15-16,22,24,38,40,42,79H,6-8,10,13-14,17-21,23,25-31H2,1-5H3,(H,60,69)(H,61,70)(H,62,75)(H,63,71)(H,64,73)(H,65,72)/t38?,40-,42-,58-/m0/s1. The number of nitrogens with zero attached hydrogens (tertiary/aromatic N) is 3. The van der Waals surface area contributed by atoms with Gasteiger partial charge in [-0.2, -0.15) is 0 Å². The lowest BCUT2D eigenvalue weighted by atomic mass is 9.72. The normalized spacial score (nSPS) is 18.3. The Morgan fingerprint density at radius 3 is 2.31 bits per heavy atom. The van der Waals surface area contributed by atoms with Crippen molar-refractivity contribution in [2.75, 3.05) is 39.5 Å². The van der Waals surface area contributed by atoms with Crippen LogP contribution in [0, 0.1) is 24.1 Å². The lowest BCUT2D eigenvalue weighted by Gasteiger charge is -2.31. The summed E-state index contributed by atoms with van der Waals surface area (Å²) in [4.78, 5) is 136. The molecule has 4 aromatic rings. The van der Waals surface area contributed by atoms with E-state index < -0.39 is 97.5 Å². The van der Waals surface area contributed by atoms with Crippen molar-refractivity contribution < 1.29 is 62.1 Å². The number of fused-ring (bicyclic) bond motifs is 5. The summed E-state index contributed by atoms with van der Waals surface area (Å²) in [6.07, 6.45) is 4.29. The smallest absolute Gasteiger partial charge is 0.343 e. The fourth-order valence-corrected chi connectivity index (χ4v) is 11.3. The molecule has 22 nitrogen and oxygen atoms in total. The molecule has 432 valence electrons. The van der Waals surface area contributed by atoms with Crippen LogP contribution in [0.15, 0.2) is 47.3 Å². The van der Waals surface area contributed by atoms with Crippen molar-refractivity contribution in [1.82, 2.24) is 46.4 Å². The summed E-state index contributed by atoms with van der Waals surface area (Å²) in [6.45, 7) is 7.03. The number of nitrogens with one attached hydrogen (secondary N) is 6. The molecule has 3 aliphatic heterocycles. The van der Waals surface area contributed by atoms with E-state index in [1.54, 1.807) is 50.2 Å². The number of hydrogen-bond donors (Lipinski definition) is 7. The zero-order chi connectivity index (χ0) is 58.3. The molecule has 0 radical (unpaired) electrons. The fourth-order valence-electron chi connectivity index (χ4n) is 11.3. The van der Waals surface area contributed by atoms with Crippen LogP contribution in [0.5, 0.6) is 0 Å². The first-order valence-electron chi connectivity index (χ1n) is 27.7. The number of esters is 1. The van der Waals surface area contributed by atoms with Crippen molar-refractivity contribution in [3.05, 3.63) is 97.6 Å². The van der Waals surface area contributed by atoms with Crippen molar-refractivity contribution in [2.24, 2.45) is 11.3 Å². The second kappa shape index (κ2) is 25.3. The molecule has 81 heavy (non-hydrogen) atoms. The number of unbranched alkanes of at least 4 members (excludes halogenated alkanes) is 2. The van der Waals surface area contributed by atoms with E-state index in [1.165, 1.54) is 15.5 Å². The molecule has 1 aliphatic carbocycles.